The molecule has 1 aromatic carbocycles. The average molecular weight is 357 g/mol. The van der Waals surface area contributed by atoms with Crippen LogP contribution >= 0.6 is 0 Å². The van der Waals surface area contributed by atoms with Crippen molar-refractivity contribution in [3.63, 3.8) is 0 Å². The molecule has 1 aromatic rings. The van der Waals surface area contributed by atoms with Crippen LogP contribution in [-0.4, -0.2) is 35.2 Å². The third kappa shape index (κ3) is 5.85. The van der Waals surface area contributed by atoms with Gasteiger partial charge in [-0.3, -0.25) is 4.79 Å². The van der Waals surface area contributed by atoms with Gasteiger partial charge in [0.1, 0.15) is 0 Å². The molecule has 0 amide bonds. The summed E-state index contributed by atoms with van der Waals surface area (Å²) in [5, 5.41) is 22.9. The van der Waals surface area contributed by atoms with Crippen LogP contribution < -0.4 is 0 Å². The van der Waals surface area contributed by atoms with E-state index in [1.165, 1.54) is 7.11 Å². The number of benzene rings is 1. The van der Waals surface area contributed by atoms with E-state index < -0.39 is 6.10 Å². The van der Waals surface area contributed by atoms with Crippen molar-refractivity contribution in [1.29, 1.82) is 0 Å². The van der Waals surface area contributed by atoms with Crippen LogP contribution in [0.4, 0.5) is 0 Å². The molecule has 0 aliphatic heterocycles. The maximum Gasteiger partial charge on any atom is 0.305 e. The molecule has 2 rings (SSSR count). The second kappa shape index (κ2) is 10.6. The van der Waals surface area contributed by atoms with Gasteiger partial charge >= 0.3 is 5.97 Å². The first kappa shape index (κ1) is 19.9. The molecule has 0 heterocycles. The van der Waals surface area contributed by atoms with Crippen LogP contribution in [0.25, 0.3) is 6.08 Å². The van der Waals surface area contributed by atoms with Gasteiger partial charge in [-0.2, -0.15) is 0 Å². The van der Waals surface area contributed by atoms with E-state index in [0.29, 0.717) is 18.6 Å². The lowest BCUT2D eigenvalue weighted by molar-refractivity contribution is -0.140. The Hall–Kier alpha value is -2.40. The van der Waals surface area contributed by atoms with Crippen molar-refractivity contribution in [2.75, 3.05) is 7.11 Å². The van der Waals surface area contributed by atoms with Gasteiger partial charge in [0, 0.05) is 12.8 Å². The number of carbonyl (C=O) groups is 1. The Bertz CT molecular complexity index is 677. The maximum absolute atomic E-state index is 11.1. The molecule has 5 heteroatoms. The summed E-state index contributed by atoms with van der Waals surface area (Å²) in [4.78, 5) is 11.1. The van der Waals surface area contributed by atoms with Crippen LogP contribution in [0.15, 0.2) is 52.7 Å². The molecule has 0 saturated heterocycles. The van der Waals surface area contributed by atoms with E-state index in [1.807, 2.05) is 42.5 Å². The van der Waals surface area contributed by atoms with E-state index in [0.717, 1.165) is 48.8 Å². The molecule has 26 heavy (non-hydrogen) atoms. The summed E-state index contributed by atoms with van der Waals surface area (Å²) in [5.74, 6) is -0.172. The van der Waals surface area contributed by atoms with Crippen LogP contribution in [0.1, 0.15) is 50.5 Å². The lowest BCUT2D eigenvalue weighted by Gasteiger charge is -2.06. The number of oxime groups is 1. The summed E-state index contributed by atoms with van der Waals surface area (Å²) < 4.78 is 4.63. The standard InChI is InChI=1S/C21H27NO4/c1-26-21(24)12-8-3-2-7-11-17-18(20(23)15-19(17)22-25)14-13-16-9-5-4-6-10-16/h4-6,9-10,13-14,20,23,25H,2-3,7-8,11-12,15H2,1H3/b14-13+,22-19+. The number of methoxy groups -OCH3 is 1. The van der Waals surface area contributed by atoms with Crippen molar-refractivity contribution >= 4 is 17.8 Å². The van der Waals surface area contributed by atoms with E-state index in [2.05, 4.69) is 9.89 Å². The molecule has 2 N–H and O–H groups in total. The number of aliphatic hydroxyl groups is 1. The number of unbranched alkanes of at least 4 members (excludes halogenated alkanes) is 3. The predicted molar refractivity (Wildman–Crippen MR) is 102 cm³/mol. The summed E-state index contributed by atoms with van der Waals surface area (Å²) in [6, 6.07) is 9.90. The zero-order valence-electron chi connectivity index (χ0n) is 15.2. The van der Waals surface area contributed by atoms with Gasteiger partial charge in [-0.25, -0.2) is 0 Å². The molecule has 1 atom stereocenters. The Kier molecular flexibility index (Phi) is 8.09. The minimum Gasteiger partial charge on any atom is -0.469 e. The number of hydrogen-bond acceptors (Lipinski definition) is 5. The smallest absolute Gasteiger partial charge is 0.305 e. The fourth-order valence-electron chi connectivity index (χ4n) is 3.16. The zero-order valence-corrected chi connectivity index (χ0v) is 15.2. The number of ether oxygens (including phenoxy) is 1. The van der Waals surface area contributed by atoms with Crippen molar-refractivity contribution in [2.24, 2.45) is 5.16 Å². The number of hydrogen-bond donors (Lipinski definition) is 2. The first-order chi connectivity index (χ1) is 12.7. The molecule has 0 bridgehead atoms. The predicted octanol–water partition coefficient (Wildman–Crippen LogP) is 4.10. The topological polar surface area (TPSA) is 79.1 Å². The molecule has 0 aromatic heterocycles. The van der Waals surface area contributed by atoms with E-state index in [-0.39, 0.29) is 5.97 Å². The van der Waals surface area contributed by atoms with Crippen molar-refractivity contribution in [3.05, 3.63) is 53.1 Å². The normalized spacial score (nSPS) is 18.8. The van der Waals surface area contributed by atoms with Crippen LogP contribution in [-0.2, 0) is 9.53 Å². The van der Waals surface area contributed by atoms with E-state index in [4.69, 9.17) is 0 Å². The van der Waals surface area contributed by atoms with E-state index in [9.17, 15) is 15.1 Å². The molecule has 0 spiro atoms. The second-order valence-corrected chi connectivity index (χ2v) is 6.43. The molecular formula is C21H27NO4. The maximum atomic E-state index is 11.1. The third-order valence-corrected chi connectivity index (χ3v) is 4.60. The average Bonchev–Trinajstić information content (AvgIpc) is 2.98. The number of esters is 1. The van der Waals surface area contributed by atoms with Gasteiger partial charge in [0.05, 0.1) is 18.9 Å². The van der Waals surface area contributed by atoms with E-state index >= 15 is 0 Å². The van der Waals surface area contributed by atoms with Gasteiger partial charge in [0.25, 0.3) is 0 Å². The monoisotopic (exact) mass is 357 g/mol. The molecule has 0 fully saturated rings. The van der Waals surface area contributed by atoms with Crippen molar-refractivity contribution in [3.8, 4) is 0 Å². The number of aliphatic hydroxyl groups excluding tert-OH is 1. The molecule has 0 saturated carbocycles. The van der Waals surface area contributed by atoms with Gasteiger partial charge in [0.15, 0.2) is 0 Å². The molecule has 0 radical (unpaired) electrons. The SMILES string of the molecule is COC(=O)CCCCCCC1=C(/C=C/c2ccccc2)C(O)C/C1=N\O. The summed E-state index contributed by atoms with van der Waals surface area (Å²) in [6.07, 6.45) is 8.48. The molecule has 1 aliphatic carbocycles. The Labute approximate surface area is 154 Å². The number of rotatable bonds is 9. The fraction of sp³-hybridized carbons (Fsp3) is 0.429. The summed E-state index contributed by atoms with van der Waals surface area (Å²) in [7, 11) is 1.40. The second-order valence-electron chi connectivity index (χ2n) is 6.43. The largest absolute Gasteiger partial charge is 0.469 e. The fourth-order valence-corrected chi connectivity index (χ4v) is 3.16. The molecule has 1 unspecified atom stereocenters. The third-order valence-electron chi connectivity index (χ3n) is 4.60. The lowest BCUT2D eigenvalue weighted by Crippen LogP contribution is -2.04. The quantitative estimate of drug-likeness (QED) is 0.302. The summed E-state index contributed by atoms with van der Waals surface area (Å²) in [5.41, 5.74) is 3.39. The van der Waals surface area contributed by atoms with Crippen molar-refractivity contribution in [1.82, 2.24) is 0 Å². The highest BCUT2D eigenvalue weighted by atomic mass is 16.5. The Morgan fingerprint density at radius 3 is 2.62 bits per heavy atom. The van der Waals surface area contributed by atoms with Gasteiger partial charge in [0.2, 0.25) is 0 Å². The number of nitrogens with zero attached hydrogens (tertiary/aromatic N) is 1. The van der Waals surface area contributed by atoms with Crippen molar-refractivity contribution in [2.45, 2.75) is 51.0 Å². The van der Waals surface area contributed by atoms with Gasteiger partial charge in [-0.15, -0.1) is 0 Å². The zero-order chi connectivity index (χ0) is 18.8. The highest BCUT2D eigenvalue weighted by molar-refractivity contribution is 6.04. The minimum absolute atomic E-state index is 0.172. The Morgan fingerprint density at radius 2 is 1.92 bits per heavy atom. The highest BCUT2D eigenvalue weighted by Crippen LogP contribution is 2.30. The first-order valence-corrected chi connectivity index (χ1v) is 9.08. The molecule has 1 aliphatic rings. The summed E-state index contributed by atoms with van der Waals surface area (Å²) in [6.45, 7) is 0. The first-order valence-electron chi connectivity index (χ1n) is 9.08. The molecule has 140 valence electrons. The number of carbonyl (C=O) groups excluding carboxylic acids is 1. The van der Waals surface area contributed by atoms with Crippen molar-refractivity contribution < 1.29 is 19.8 Å². The minimum atomic E-state index is -0.629. The van der Waals surface area contributed by atoms with Gasteiger partial charge in [-0.05, 0) is 36.0 Å². The van der Waals surface area contributed by atoms with Crippen LogP contribution in [0.2, 0.25) is 0 Å². The van der Waals surface area contributed by atoms with Gasteiger partial charge in [-0.1, -0.05) is 60.5 Å². The van der Waals surface area contributed by atoms with Crippen LogP contribution in [0.5, 0.6) is 0 Å². The number of allylic oxidation sites excluding steroid dienone is 1. The lowest BCUT2D eigenvalue weighted by atomic mass is 10.0. The Balaban J connectivity index is 1.95. The molecule has 5 nitrogen and oxygen atoms in total. The van der Waals surface area contributed by atoms with Crippen LogP contribution in [0, 0.1) is 0 Å². The van der Waals surface area contributed by atoms with E-state index in [1.54, 1.807) is 0 Å². The van der Waals surface area contributed by atoms with Gasteiger partial charge < -0.3 is 15.1 Å². The Morgan fingerprint density at radius 1 is 1.19 bits per heavy atom. The van der Waals surface area contributed by atoms with Crippen LogP contribution in [0.3, 0.4) is 0 Å². The summed E-state index contributed by atoms with van der Waals surface area (Å²) >= 11 is 0. The molecular weight excluding hydrogens is 330 g/mol. The highest BCUT2D eigenvalue weighted by Gasteiger charge is 2.27.